The Morgan fingerprint density at radius 3 is 2.42 bits per heavy atom. The number of hydrogen-bond donors (Lipinski definition) is 1. The average molecular weight is 358 g/mol. The first kappa shape index (κ1) is 18.9. The molecule has 0 aliphatic heterocycles. The SMILES string of the molecule is COC(=O)[C@H](Cc1ccc(OC)c([N+](=O)[O-])c1)NC(=O)c1ccccc1. The lowest BCUT2D eigenvalue weighted by molar-refractivity contribution is -0.385. The second-order valence-electron chi connectivity index (χ2n) is 5.38. The van der Waals surface area contributed by atoms with Crippen molar-refractivity contribution >= 4 is 17.6 Å². The van der Waals surface area contributed by atoms with E-state index in [0.717, 1.165) is 0 Å². The first-order chi connectivity index (χ1) is 12.5. The molecule has 1 amide bonds. The third kappa shape index (κ3) is 4.56. The summed E-state index contributed by atoms with van der Waals surface area (Å²) < 4.78 is 9.69. The van der Waals surface area contributed by atoms with Gasteiger partial charge in [-0.2, -0.15) is 0 Å². The van der Waals surface area contributed by atoms with Crippen molar-refractivity contribution in [2.75, 3.05) is 14.2 Å². The number of amides is 1. The molecule has 8 heteroatoms. The summed E-state index contributed by atoms with van der Waals surface area (Å²) in [7, 11) is 2.54. The normalized spacial score (nSPS) is 11.3. The maximum atomic E-state index is 12.3. The molecule has 0 radical (unpaired) electrons. The minimum absolute atomic E-state index is 0.0378. The van der Waals surface area contributed by atoms with E-state index < -0.39 is 22.8 Å². The lowest BCUT2D eigenvalue weighted by atomic mass is 10.0. The highest BCUT2D eigenvalue weighted by atomic mass is 16.6. The van der Waals surface area contributed by atoms with Gasteiger partial charge in [0.1, 0.15) is 6.04 Å². The number of rotatable bonds is 7. The van der Waals surface area contributed by atoms with Gasteiger partial charge in [0.15, 0.2) is 5.75 Å². The quantitative estimate of drug-likeness (QED) is 0.461. The van der Waals surface area contributed by atoms with Crippen LogP contribution in [0.3, 0.4) is 0 Å². The van der Waals surface area contributed by atoms with Crippen molar-refractivity contribution in [1.82, 2.24) is 5.32 Å². The molecule has 0 saturated heterocycles. The Bertz CT molecular complexity index is 807. The zero-order chi connectivity index (χ0) is 19.1. The van der Waals surface area contributed by atoms with Crippen molar-refractivity contribution in [3.05, 3.63) is 69.8 Å². The Kier molecular flexibility index (Phi) is 6.26. The summed E-state index contributed by atoms with van der Waals surface area (Å²) in [6.07, 6.45) is 0.0378. The van der Waals surface area contributed by atoms with E-state index in [1.165, 1.54) is 26.4 Å². The fraction of sp³-hybridized carbons (Fsp3) is 0.222. The number of carbonyl (C=O) groups is 2. The molecule has 0 aliphatic carbocycles. The van der Waals surface area contributed by atoms with Crippen LogP contribution in [-0.4, -0.2) is 37.1 Å². The predicted octanol–water partition coefficient (Wildman–Crippen LogP) is 2.12. The number of esters is 1. The third-order valence-electron chi connectivity index (χ3n) is 3.71. The molecule has 0 heterocycles. The summed E-state index contributed by atoms with van der Waals surface area (Å²) in [5.41, 5.74) is 0.659. The molecule has 0 fully saturated rings. The van der Waals surface area contributed by atoms with Crippen LogP contribution in [0.1, 0.15) is 15.9 Å². The summed E-state index contributed by atoms with van der Waals surface area (Å²) in [4.78, 5) is 34.9. The molecule has 2 rings (SSSR count). The van der Waals surface area contributed by atoms with Crippen LogP contribution in [0.15, 0.2) is 48.5 Å². The fourth-order valence-electron chi connectivity index (χ4n) is 2.41. The van der Waals surface area contributed by atoms with E-state index in [-0.39, 0.29) is 17.9 Å². The molecular formula is C18H18N2O6. The highest BCUT2D eigenvalue weighted by Crippen LogP contribution is 2.28. The molecule has 0 unspecified atom stereocenters. The topological polar surface area (TPSA) is 108 Å². The number of carbonyl (C=O) groups excluding carboxylic acids is 2. The Morgan fingerprint density at radius 1 is 1.15 bits per heavy atom. The van der Waals surface area contributed by atoms with Crippen LogP contribution in [0.2, 0.25) is 0 Å². The zero-order valence-electron chi connectivity index (χ0n) is 14.3. The van der Waals surface area contributed by atoms with Crippen molar-refractivity contribution in [1.29, 1.82) is 0 Å². The molecule has 0 bridgehead atoms. The van der Waals surface area contributed by atoms with E-state index in [1.807, 2.05) is 0 Å². The van der Waals surface area contributed by atoms with Crippen LogP contribution in [0, 0.1) is 10.1 Å². The molecular weight excluding hydrogens is 340 g/mol. The molecule has 26 heavy (non-hydrogen) atoms. The first-order valence-electron chi connectivity index (χ1n) is 7.71. The van der Waals surface area contributed by atoms with E-state index in [4.69, 9.17) is 9.47 Å². The lowest BCUT2D eigenvalue weighted by Gasteiger charge is -2.17. The highest BCUT2D eigenvalue weighted by molar-refractivity contribution is 5.96. The standard InChI is InChI=1S/C18H18N2O6/c1-25-16-9-8-12(11-15(16)20(23)24)10-14(18(22)26-2)19-17(21)13-6-4-3-5-7-13/h3-9,11,14H,10H2,1-2H3,(H,19,21)/t14-/m0/s1. The van der Waals surface area contributed by atoms with Crippen LogP contribution in [0.25, 0.3) is 0 Å². The average Bonchev–Trinajstić information content (AvgIpc) is 2.67. The number of nitrogens with one attached hydrogen (secondary N) is 1. The number of methoxy groups -OCH3 is 2. The van der Waals surface area contributed by atoms with Crippen LogP contribution in [-0.2, 0) is 16.0 Å². The number of benzene rings is 2. The van der Waals surface area contributed by atoms with E-state index in [2.05, 4.69) is 5.32 Å². The van der Waals surface area contributed by atoms with Crippen molar-refractivity contribution in [3.8, 4) is 5.75 Å². The van der Waals surface area contributed by atoms with Crippen molar-refractivity contribution in [3.63, 3.8) is 0 Å². The van der Waals surface area contributed by atoms with Crippen molar-refractivity contribution in [2.24, 2.45) is 0 Å². The number of hydrogen-bond acceptors (Lipinski definition) is 6. The van der Waals surface area contributed by atoms with Gasteiger partial charge in [0, 0.05) is 18.1 Å². The maximum absolute atomic E-state index is 12.3. The molecule has 0 aromatic heterocycles. The molecule has 0 spiro atoms. The molecule has 2 aromatic carbocycles. The van der Waals surface area contributed by atoms with Gasteiger partial charge in [-0.15, -0.1) is 0 Å². The minimum Gasteiger partial charge on any atom is -0.490 e. The Labute approximate surface area is 149 Å². The molecule has 8 nitrogen and oxygen atoms in total. The lowest BCUT2D eigenvalue weighted by Crippen LogP contribution is -2.43. The smallest absolute Gasteiger partial charge is 0.328 e. The van der Waals surface area contributed by atoms with Gasteiger partial charge >= 0.3 is 11.7 Å². The summed E-state index contributed by atoms with van der Waals surface area (Å²) >= 11 is 0. The van der Waals surface area contributed by atoms with E-state index in [0.29, 0.717) is 11.1 Å². The predicted molar refractivity (Wildman–Crippen MR) is 93.1 cm³/mol. The van der Waals surface area contributed by atoms with Crippen LogP contribution >= 0.6 is 0 Å². The largest absolute Gasteiger partial charge is 0.490 e. The number of ether oxygens (including phenoxy) is 2. The van der Waals surface area contributed by atoms with Crippen LogP contribution < -0.4 is 10.1 Å². The van der Waals surface area contributed by atoms with Gasteiger partial charge < -0.3 is 14.8 Å². The monoisotopic (exact) mass is 358 g/mol. The minimum atomic E-state index is -0.985. The van der Waals surface area contributed by atoms with Gasteiger partial charge in [-0.25, -0.2) is 4.79 Å². The Hall–Kier alpha value is -3.42. The zero-order valence-corrected chi connectivity index (χ0v) is 14.3. The number of nitro benzene ring substituents is 1. The summed E-state index contributed by atoms with van der Waals surface area (Å²) in [6, 6.07) is 11.8. The molecule has 1 N–H and O–H groups in total. The van der Waals surface area contributed by atoms with Gasteiger partial charge in [0.25, 0.3) is 5.91 Å². The molecule has 2 aromatic rings. The summed E-state index contributed by atoms with van der Waals surface area (Å²) in [5, 5.41) is 13.7. The van der Waals surface area contributed by atoms with Gasteiger partial charge in [-0.1, -0.05) is 24.3 Å². The molecule has 0 aliphatic rings. The van der Waals surface area contributed by atoms with Crippen molar-refractivity contribution < 1.29 is 24.0 Å². The van der Waals surface area contributed by atoms with Crippen molar-refractivity contribution in [2.45, 2.75) is 12.5 Å². The van der Waals surface area contributed by atoms with Crippen LogP contribution in [0.4, 0.5) is 5.69 Å². The Morgan fingerprint density at radius 2 is 1.85 bits per heavy atom. The van der Waals surface area contributed by atoms with Gasteiger partial charge in [0.05, 0.1) is 19.1 Å². The van der Waals surface area contributed by atoms with E-state index in [9.17, 15) is 19.7 Å². The molecule has 136 valence electrons. The highest BCUT2D eigenvalue weighted by Gasteiger charge is 2.24. The second-order valence-corrected chi connectivity index (χ2v) is 5.38. The van der Waals surface area contributed by atoms with E-state index >= 15 is 0 Å². The van der Waals surface area contributed by atoms with Crippen LogP contribution in [0.5, 0.6) is 5.75 Å². The maximum Gasteiger partial charge on any atom is 0.328 e. The molecule has 1 atom stereocenters. The number of nitro groups is 1. The van der Waals surface area contributed by atoms with Gasteiger partial charge in [-0.3, -0.25) is 14.9 Å². The molecule has 0 saturated carbocycles. The summed E-state index contributed by atoms with van der Waals surface area (Å²) in [6.45, 7) is 0. The first-order valence-corrected chi connectivity index (χ1v) is 7.71. The van der Waals surface area contributed by atoms with Gasteiger partial charge in [0.2, 0.25) is 0 Å². The summed E-state index contributed by atoms with van der Waals surface area (Å²) in [5.74, 6) is -0.974. The Balaban J connectivity index is 2.23. The van der Waals surface area contributed by atoms with E-state index in [1.54, 1.807) is 36.4 Å². The third-order valence-corrected chi connectivity index (χ3v) is 3.71. The number of nitrogens with zero attached hydrogens (tertiary/aromatic N) is 1. The fourth-order valence-corrected chi connectivity index (χ4v) is 2.41. The second kappa shape index (κ2) is 8.61. The van der Waals surface area contributed by atoms with Gasteiger partial charge in [-0.05, 0) is 23.8 Å².